The lowest BCUT2D eigenvalue weighted by Crippen LogP contribution is -2.12. The Morgan fingerprint density at radius 2 is 1.94 bits per heavy atom. The average Bonchev–Trinajstić information content (AvgIpc) is 2.37. The third kappa shape index (κ3) is 2.73. The fourth-order valence-corrected chi connectivity index (χ4v) is 1.85. The molecule has 1 N–H and O–H groups in total. The molecule has 18 heavy (non-hydrogen) atoms. The molecular formula is C13H18O5. The Bertz CT molecular complexity index is 428. The molecule has 100 valence electrons. The van der Waals surface area contributed by atoms with Crippen molar-refractivity contribution in [2.45, 2.75) is 19.4 Å². The summed E-state index contributed by atoms with van der Waals surface area (Å²) in [6.45, 7) is 1.95. The summed E-state index contributed by atoms with van der Waals surface area (Å²) in [5.74, 6) is -0.638. The Kier molecular flexibility index (Phi) is 4.97. The number of aliphatic carboxylic acids is 1. The highest BCUT2D eigenvalue weighted by atomic mass is 16.5. The largest absolute Gasteiger partial charge is 0.496 e. The van der Waals surface area contributed by atoms with Crippen molar-refractivity contribution in [2.24, 2.45) is 0 Å². The molecule has 1 rings (SSSR count). The Hall–Kier alpha value is -1.75. The molecule has 0 aliphatic heterocycles. The lowest BCUT2D eigenvalue weighted by molar-refractivity contribution is -0.138. The molecular weight excluding hydrogens is 236 g/mol. The first-order valence-electron chi connectivity index (χ1n) is 5.52. The van der Waals surface area contributed by atoms with Crippen LogP contribution in [0.5, 0.6) is 11.5 Å². The van der Waals surface area contributed by atoms with Crippen LogP contribution in [0.3, 0.4) is 0 Å². The molecule has 0 amide bonds. The van der Waals surface area contributed by atoms with Crippen LogP contribution in [0.15, 0.2) is 12.1 Å². The second-order valence-electron chi connectivity index (χ2n) is 3.87. The van der Waals surface area contributed by atoms with Crippen LogP contribution in [-0.4, -0.2) is 32.4 Å². The standard InChI is InChI=1S/C13H18O5/c1-8(13(14)15)11-10(17-3)6-5-9(7-16-2)12(11)18-4/h5-6,8H,7H2,1-4H3,(H,14,15). The molecule has 1 aromatic rings. The highest BCUT2D eigenvalue weighted by Crippen LogP contribution is 2.38. The molecule has 0 spiro atoms. The van der Waals surface area contributed by atoms with Crippen molar-refractivity contribution in [3.63, 3.8) is 0 Å². The molecule has 5 nitrogen and oxygen atoms in total. The highest BCUT2D eigenvalue weighted by molar-refractivity contribution is 5.78. The van der Waals surface area contributed by atoms with Crippen LogP contribution in [0, 0.1) is 0 Å². The van der Waals surface area contributed by atoms with Crippen LogP contribution in [0.1, 0.15) is 24.0 Å². The van der Waals surface area contributed by atoms with Crippen LogP contribution in [0.2, 0.25) is 0 Å². The first kappa shape index (κ1) is 14.3. The Morgan fingerprint density at radius 1 is 1.28 bits per heavy atom. The van der Waals surface area contributed by atoms with Crippen molar-refractivity contribution >= 4 is 5.97 Å². The van der Waals surface area contributed by atoms with E-state index in [0.29, 0.717) is 23.7 Å². The molecule has 1 unspecified atom stereocenters. The number of carboxylic acids is 1. The molecule has 0 bridgehead atoms. The van der Waals surface area contributed by atoms with Gasteiger partial charge in [-0.05, 0) is 19.1 Å². The van der Waals surface area contributed by atoms with Gasteiger partial charge in [-0.2, -0.15) is 0 Å². The topological polar surface area (TPSA) is 65.0 Å². The number of rotatable bonds is 6. The Balaban J connectivity index is 3.40. The number of hydrogen-bond donors (Lipinski definition) is 1. The summed E-state index contributed by atoms with van der Waals surface area (Å²) in [5.41, 5.74) is 1.32. The molecule has 0 heterocycles. The van der Waals surface area contributed by atoms with Gasteiger partial charge in [-0.3, -0.25) is 4.79 Å². The number of carboxylic acid groups (broad SMARTS) is 1. The van der Waals surface area contributed by atoms with E-state index in [9.17, 15) is 4.79 Å². The monoisotopic (exact) mass is 254 g/mol. The zero-order valence-corrected chi connectivity index (χ0v) is 11.0. The molecule has 0 radical (unpaired) electrons. The molecule has 0 aliphatic rings. The van der Waals surface area contributed by atoms with E-state index in [2.05, 4.69) is 0 Å². The van der Waals surface area contributed by atoms with Gasteiger partial charge in [0, 0.05) is 12.7 Å². The SMILES string of the molecule is COCc1ccc(OC)c(C(C)C(=O)O)c1OC. The van der Waals surface area contributed by atoms with E-state index >= 15 is 0 Å². The molecule has 0 fully saturated rings. The fraction of sp³-hybridized carbons (Fsp3) is 0.462. The smallest absolute Gasteiger partial charge is 0.310 e. The van der Waals surface area contributed by atoms with E-state index in [1.807, 2.05) is 0 Å². The van der Waals surface area contributed by atoms with Crippen molar-refractivity contribution in [1.29, 1.82) is 0 Å². The summed E-state index contributed by atoms with van der Waals surface area (Å²) >= 11 is 0. The van der Waals surface area contributed by atoms with Crippen molar-refractivity contribution < 1.29 is 24.1 Å². The Morgan fingerprint density at radius 3 is 2.39 bits per heavy atom. The van der Waals surface area contributed by atoms with E-state index < -0.39 is 11.9 Å². The van der Waals surface area contributed by atoms with E-state index in [0.717, 1.165) is 5.56 Å². The number of methoxy groups -OCH3 is 3. The average molecular weight is 254 g/mol. The van der Waals surface area contributed by atoms with Gasteiger partial charge in [-0.1, -0.05) is 0 Å². The van der Waals surface area contributed by atoms with Crippen LogP contribution in [-0.2, 0) is 16.1 Å². The fourth-order valence-electron chi connectivity index (χ4n) is 1.85. The van der Waals surface area contributed by atoms with Crippen molar-refractivity contribution in [2.75, 3.05) is 21.3 Å². The predicted octanol–water partition coefficient (Wildman–Crippen LogP) is 2.04. The van der Waals surface area contributed by atoms with Crippen molar-refractivity contribution in [3.8, 4) is 11.5 Å². The lowest BCUT2D eigenvalue weighted by atomic mass is 9.96. The zero-order chi connectivity index (χ0) is 13.7. The van der Waals surface area contributed by atoms with Gasteiger partial charge in [-0.15, -0.1) is 0 Å². The molecule has 0 aliphatic carbocycles. The summed E-state index contributed by atoms with van der Waals surface area (Å²) < 4.78 is 15.6. The van der Waals surface area contributed by atoms with E-state index in [4.69, 9.17) is 19.3 Å². The van der Waals surface area contributed by atoms with Crippen LogP contribution < -0.4 is 9.47 Å². The molecule has 5 heteroatoms. The predicted molar refractivity (Wildman–Crippen MR) is 66.3 cm³/mol. The number of hydrogen-bond acceptors (Lipinski definition) is 4. The number of carbonyl (C=O) groups is 1. The maximum atomic E-state index is 11.2. The van der Waals surface area contributed by atoms with Gasteiger partial charge in [0.1, 0.15) is 11.5 Å². The maximum absolute atomic E-state index is 11.2. The highest BCUT2D eigenvalue weighted by Gasteiger charge is 2.25. The van der Waals surface area contributed by atoms with Crippen LogP contribution >= 0.6 is 0 Å². The van der Waals surface area contributed by atoms with E-state index in [-0.39, 0.29) is 0 Å². The minimum atomic E-state index is -0.929. The lowest BCUT2D eigenvalue weighted by Gasteiger charge is -2.19. The molecule has 0 saturated heterocycles. The third-order valence-corrected chi connectivity index (χ3v) is 2.76. The normalized spacial score (nSPS) is 12.0. The van der Waals surface area contributed by atoms with E-state index in [1.54, 1.807) is 26.2 Å². The number of ether oxygens (including phenoxy) is 3. The van der Waals surface area contributed by atoms with Gasteiger partial charge >= 0.3 is 5.97 Å². The molecule has 1 atom stereocenters. The molecule has 0 aromatic heterocycles. The van der Waals surface area contributed by atoms with Gasteiger partial charge in [0.05, 0.1) is 32.3 Å². The Labute approximate surface area is 106 Å². The van der Waals surface area contributed by atoms with Gasteiger partial charge in [0.25, 0.3) is 0 Å². The summed E-state index contributed by atoms with van der Waals surface area (Å²) in [4.78, 5) is 11.2. The second-order valence-corrected chi connectivity index (χ2v) is 3.87. The summed E-state index contributed by atoms with van der Waals surface area (Å²) in [6, 6.07) is 3.53. The van der Waals surface area contributed by atoms with Crippen molar-refractivity contribution in [1.82, 2.24) is 0 Å². The number of benzene rings is 1. The van der Waals surface area contributed by atoms with Gasteiger partial charge in [0.2, 0.25) is 0 Å². The van der Waals surface area contributed by atoms with Crippen molar-refractivity contribution in [3.05, 3.63) is 23.3 Å². The first-order valence-corrected chi connectivity index (χ1v) is 5.52. The summed E-state index contributed by atoms with van der Waals surface area (Å²) in [5, 5.41) is 9.15. The summed E-state index contributed by atoms with van der Waals surface area (Å²) in [7, 11) is 4.58. The first-order chi connectivity index (χ1) is 8.56. The minimum Gasteiger partial charge on any atom is -0.496 e. The van der Waals surface area contributed by atoms with Crippen LogP contribution in [0.25, 0.3) is 0 Å². The summed E-state index contributed by atoms with van der Waals surface area (Å²) in [6.07, 6.45) is 0. The maximum Gasteiger partial charge on any atom is 0.310 e. The van der Waals surface area contributed by atoms with Gasteiger partial charge in [0.15, 0.2) is 0 Å². The minimum absolute atomic E-state index is 0.354. The third-order valence-electron chi connectivity index (χ3n) is 2.76. The zero-order valence-electron chi connectivity index (χ0n) is 11.0. The van der Waals surface area contributed by atoms with Gasteiger partial charge < -0.3 is 19.3 Å². The molecule has 1 aromatic carbocycles. The molecule has 0 saturated carbocycles. The van der Waals surface area contributed by atoms with E-state index in [1.165, 1.54) is 14.2 Å². The quantitative estimate of drug-likeness (QED) is 0.841. The van der Waals surface area contributed by atoms with Gasteiger partial charge in [-0.25, -0.2) is 0 Å². The van der Waals surface area contributed by atoms with Crippen LogP contribution in [0.4, 0.5) is 0 Å². The second kappa shape index (κ2) is 6.26.